The summed E-state index contributed by atoms with van der Waals surface area (Å²) in [6.45, 7) is 4.94. The van der Waals surface area contributed by atoms with E-state index in [-0.39, 0.29) is 11.6 Å². The maximum atomic E-state index is 13.2. The number of aliphatic imine (C=N–C) groups is 1. The van der Waals surface area contributed by atoms with E-state index in [0.29, 0.717) is 22.9 Å². The summed E-state index contributed by atoms with van der Waals surface area (Å²) in [7, 11) is 0. The first-order valence-electron chi connectivity index (χ1n) is 7.19. The summed E-state index contributed by atoms with van der Waals surface area (Å²) in [5, 5.41) is 10.5. The summed E-state index contributed by atoms with van der Waals surface area (Å²) in [6, 6.07) is 4.94. The maximum absolute atomic E-state index is 13.2. The Hall–Kier alpha value is -2.02. The second-order valence-electron chi connectivity index (χ2n) is 5.91. The molecule has 0 saturated heterocycles. The molecule has 0 bridgehead atoms. The summed E-state index contributed by atoms with van der Waals surface area (Å²) in [5.74, 6) is 0.219. The highest BCUT2D eigenvalue weighted by molar-refractivity contribution is 5.91. The van der Waals surface area contributed by atoms with Crippen molar-refractivity contribution in [2.45, 2.75) is 39.0 Å². The van der Waals surface area contributed by atoms with Gasteiger partial charge in [0.05, 0.1) is 11.2 Å². The molecule has 0 radical (unpaired) electrons. The van der Waals surface area contributed by atoms with E-state index in [1.54, 1.807) is 39.0 Å². The van der Waals surface area contributed by atoms with Crippen LogP contribution in [0.5, 0.6) is 0 Å². The second-order valence-corrected chi connectivity index (χ2v) is 5.91. The number of aryl methyl sites for hydroxylation is 1. The molecular weight excluding hydrogens is 307 g/mol. The van der Waals surface area contributed by atoms with Crippen molar-refractivity contribution in [3.63, 3.8) is 0 Å². The molecule has 7 heteroatoms. The van der Waals surface area contributed by atoms with Crippen LogP contribution in [0.15, 0.2) is 29.4 Å². The molecule has 0 amide bonds. The molecule has 0 aliphatic rings. The van der Waals surface area contributed by atoms with Crippen LogP contribution in [0.2, 0.25) is 0 Å². The van der Waals surface area contributed by atoms with E-state index in [4.69, 9.17) is 0 Å². The van der Waals surface area contributed by atoms with Gasteiger partial charge in [-0.15, -0.1) is 0 Å². The van der Waals surface area contributed by atoms with Crippen molar-refractivity contribution >= 4 is 22.8 Å². The molecule has 1 aromatic heterocycles. The van der Waals surface area contributed by atoms with Gasteiger partial charge in [-0.05, 0) is 31.4 Å². The third-order valence-corrected chi connectivity index (χ3v) is 3.35. The SMILES string of the molecule is Cc1ncc2c(N=CC(O)(CC(C)C)C(F)(F)F)cccc2n1. The molecular formula is C16H18F3N3O. The lowest BCUT2D eigenvalue weighted by molar-refractivity contribution is -0.233. The molecule has 0 spiro atoms. The van der Waals surface area contributed by atoms with Gasteiger partial charge in [0.25, 0.3) is 0 Å². The van der Waals surface area contributed by atoms with E-state index in [1.165, 1.54) is 6.20 Å². The van der Waals surface area contributed by atoms with Crippen LogP contribution >= 0.6 is 0 Å². The average Bonchev–Trinajstić information content (AvgIpc) is 2.42. The lowest BCUT2D eigenvalue weighted by Crippen LogP contribution is -2.47. The van der Waals surface area contributed by atoms with Gasteiger partial charge < -0.3 is 5.11 Å². The number of alkyl halides is 3. The Morgan fingerprint density at radius 1 is 1.30 bits per heavy atom. The molecule has 4 nitrogen and oxygen atoms in total. The molecule has 2 rings (SSSR count). The molecule has 0 fully saturated rings. The first-order chi connectivity index (χ1) is 10.6. The largest absolute Gasteiger partial charge is 0.422 e. The molecule has 1 aromatic carbocycles. The normalized spacial score (nSPS) is 15.5. The van der Waals surface area contributed by atoms with Crippen molar-refractivity contribution < 1.29 is 18.3 Å². The third-order valence-electron chi connectivity index (χ3n) is 3.35. The van der Waals surface area contributed by atoms with Crippen LogP contribution < -0.4 is 0 Å². The summed E-state index contributed by atoms with van der Waals surface area (Å²) < 4.78 is 39.5. The van der Waals surface area contributed by atoms with Gasteiger partial charge in [0, 0.05) is 17.8 Å². The zero-order valence-corrected chi connectivity index (χ0v) is 13.1. The van der Waals surface area contributed by atoms with Gasteiger partial charge in [-0.2, -0.15) is 13.2 Å². The number of aromatic nitrogens is 2. The van der Waals surface area contributed by atoms with E-state index in [2.05, 4.69) is 15.0 Å². The van der Waals surface area contributed by atoms with E-state index in [0.717, 1.165) is 0 Å². The zero-order chi connectivity index (χ0) is 17.3. The third kappa shape index (κ3) is 3.85. The molecule has 1 heterocycles. The van der Waals surface area contributed by atoms with Gasteiger partial charge in [0.1, 0.15) is 5.82 Å². The molecule has 124 valence electrons. The van der Waals surface area contributed by atoms with Crippen LogP contribution in [0, 0.1) is 12.8 Å². The van der Waals surface area contributed by atoms with Crippen molar-refractivity contribution in [1.82, 2.24) is 9.97 Å². The smallest absolute Gasteiger partial charge is 0.376 e. The van der Waals surface area contributed by atoms with E-state index in [9.17, 15) is 18.3 Å². The van der Waals surface area contributed by atoms with Crippen LogP contribution in [-0.4, -0.2) is 33.1 Å². The van der Waals surface area contributed by atoms with Crippen molar-refractivity contribution in [3.05, 3.63) is 30.2 Å². The lowest BCUT2D eigenvalue weighted by Gasteiger charge is -2.28. The number of hydrogen-bond acceptors (Lipinski definition) is 4. The van der Waals surface area contributed by atoms with Crippen LogP contribution in [0.1, 0.15) is 26.1 Å². The highest BCUT2D eigenvalue weighted by Gasteiger charge is 2.52. The summed E-state index contributed by atoms with van der Waals surface area (Å²) in [5.41, 5.74) is -2.09. The topological polar surface area (TPSA) is 58.4 Å². The van der Waals surface area contributed by atoms with Crippen LogP contribution in [-0.2, 0) is 0 Å². The minimum atomic E-state index is -4.79. The van der Waals surface area contributed by atoms with Crippen molar-refractivity contribution in [1.29, 1.82) is 0 Å². The fourth-order valence-corrected chi connectivity index (χ4v) is 2.29. The van der Waals surface area contributed by atoms with Crippen LogP contribution in [0.4, 0.5) is 18.9 Å². The molecule has 0 saturated carbocycles. The number of rotatable bonds is 4. The fraction of sp³-hybridized carbons (Fsp3) is 0.438. The Labute approximate surface area is 132 Å². The fourth-order valence-electron chi connectivity index (χ4n) is 2.29. The Balaban J connectivity index is 2.45. The zero-order valence-electron chi connectivity index (χ0n) is 13.1. The molecule has 0 aliphatic heterocycles. The number of halogens is 3. The monoisotopic (exact) mass is 325 g/mol. The van der Waals surface area contributed by atoms with Gasteiger partial charge >= 0.3 is 6.18 Å². The predicted octanol–water partition coefficient (Wildman–Crippen LogP) is 3.98. The minimum Gasteiger partial charge on any atom is -0.376 e. The Kier molecular flexibility index (Phi) is 4.70. The Morgan fingerprint density at radius 2 is 2.00 bits per heavy atom. The highest BCUT2D eigenvalue weighted by atomic mass is 19.4. The van der Waals surface area contributed by atoms with Gasteiger partial charge in [-0.1, -0.05) is 19.9 Å². The van der Waals surface area contributed by atoms with Crippen LogP contribution in [0.25, 0.3) is 10.9 Å². The van der Waals surface area contributed by atoms with Crippen molar-refractivity contribution in [3.8, 4) is 0 Å². The van der Waals surface area contributed by atoms with E-state index < -0.39 is 18.2 Å². The van der Waals surface area contributed by atoms with Gasteiger partial charge in [0.2, 0.25) is 0 Å². The molecule has 23 heavy (non-hydrogen) atoms. The standard InChI is InChI=1S/C16H18F3N3O/c1-10(2)7-15(23,16(17,18)19)9-21-13-5-4-6-14-12(13)8-20-11(3)22-14/h4-6,8-10,23H,7H2,1-3H3. The average molecular weight is 325 g/mol. The molecule has 2 aromatic rings. The number of nitrogens with zero attached hydrogens (tertiary/aromatic N) is 3. The predicted molar refractivity (Wildman–Crippen MR) is 82.9 cm³/mol. The van der Waals surface area contributed by atoms with Gasteiger partial charge in [0.15, 0.2) is 5.60 Å². The second kappa shape index (κ2) is 6.23. The van der Waals surface area contributed by atoms with Crippen molar-refractivity contribution in [2.75, 3.05) is 0 Å². The van der Waals surface area contributed by atoms with E-state index in [1.807, 2.05) is 0 Å². The Bertz CT molecular complexity index is 728. The number of benzene rings is 1. The van der Waals surface area contributed by atoms with Gasteiger partial charge in [-0.3, -0.25) is 4.99 Å². The number of hydrogen-bond donors (Lipinski definition) is 1. The molecule has 1 unspecified atom stereocenters. The van der Waals surface area contributed by atoms with Crippen LogP contribution in [0.3, 0.4) is 0 Å². The number of aliphatic hydroxyl groups is 1. The molecule has 0 aliphatic carbocycles. The lowest BCUT2D eigenvalue weighted by atomic mass is 9.93. The summed E-state index contributed by atoms with van der Waals surface area (Å²) in [4.78, 5) is 12.1. The maximum Gasteiger partial charge on any atom is 0.422 e. The van der Waals surface area contributed by atoms with Gasteiger partial charge in [-0.25, -0.2) is 9.97 Å². The number of fused-ring (bicyclic) bond motifs is 1. The summed E-state index contributed by atoms with van der Waals surface area (Å²) in [6.07, 6.45) is -3.17. The quantitative estimate of drug-likeness (QED) is 0.865. The van der Waals surface area contributed by atoms with E-state index >= 15 is 0 Å². The first-order valence-corrected chi connectivity index (χ1v) is 7.19. The molecule has 1 N–H and O–H groups in total. The Morgan fingerprint density at radius 3 is 2.61 bits per heavy atom. The van der Waals surface area contributed by atoms with Crippen molar-refractivity contribution in [2.24, 2.45) is 10.9 Å². The highest BCUT2D eigenvalue weighted by Crippen LogP contribution is 2.35. The minimum absolute atomic E-state index is 0.286. The first kappa shape index (κ1) is 17.3. The summed E-state index contributed by atoms with van der Waals surface area (Å²) >= 11 is 0. The molecule has 1 atom stereocenters.